The van der Waals surface area contributed by atoms with E-state index in [4.69, 9.17) is 10.5 Å². The summed E-state index contributed by atoms with van der Waals surface area (Å²) >= 11 is 3.40. The zero-order chi connectivity index (χ0) is 15.0. The molecule has 0 aliphatic heterocycles. The van der Waals surface area contributed by atoms with Crippen molar-refractivity contribution in [3.05, 3.63) is 64.6 Å². The highest BCUT2D eigenvalue weighted by Crippen LogP contribution is 2.32. The first kappa shape index (κ1) is 13.8. The lowest BCUT2D eigenvalue weighted by atomic mass is 10.1. The third kappa shape index (κ3) is 2.83. The van der Waals surface area contributed by atoms with Gasteiger partial charge in [-0.15, -0.1) is 0 Å². The molecular formula is C16H10BrF2NO. The minimum Gasteiger partial charge on any atom is -0.455 e. The van der Waals surface area contributed by atoms with E-state index in [2.05, 4.69) is 15.9 Å². The van der Waals surface area contributed by atoms with Crippen molar-refractivity contribution in [3.8, 4) is 11.5 Å². The Morgan fingerprint density at radius 1 is 0.905 bits per heavy atom. The summed E-state index contributed by atoms with van der Waals surface area (Å²) in [4.78, 5) is 0. The summed E-state index contributed by atoms with van der Waals surface area (Å²) in [5, 5.41) is 1.97. The van der Waals surface area contributed by atoms with Gasteiger partial charge in [0.25, 0.3) is 0 Å². The van der Waals surface area contributed by atoms with Crippen LogP contribution < -0.4 is 10.5 Å². The van der Waals surface area contributed by atoms with Gasteiger partial charge in [0, 0.05) is 16.6 Å². The number of anilines is 1. The first-order valence-corrected chi connectivity index (χ1v) is 6.94. The lowest BCUT2D eigenvalue weighted by Gasteiger charge is -2.10. The van der Waals surface area contributed by atoms with Crippen molar-refractivity contribution in [3.63, 3.8) is 0 Å². The molecule has 0 fully saturated rings. The summed E-state index contributed by atoms with van der Waals surface area (Å²) in [6, 6.07) is 12.9. The van der Waals surface area contributed by atoms with Crippen LogP contribution in [0.2, 0.25) is 0 Å². The van der Waals surface area contributed by atoms with Crippen LogP contribution in [0.3, 0.4) is 0 Å². The summed E-state index contributed by atoms with van der Waals surface area (Å²) in [6.07, 6.45) is 0. The topological polar surface area (TPSA) is 35.2 Å². The van der Waals surface area contributed by atoms with Crippen LogP contribution in [0, 0.1) is 11.6 Å². The molecular weight excluding hydrogens is 340 g/mol. The standard InChI is InChI=1S/C16H10BrF2NO/c17-11-3-1-10-6-13(4-2-9(10)5-11)21-15-8-12(18)7-14(19)16(15)20/h1-8H,20H2. The number of hydrogen-bond donors (Lipinski definition) is 1. The SMILES string of the molecule is Nc1c(F)cc(F)cc1Oc1ccc2cc(Br)ccc2c1. The van der Waals surface area contributed by atoms with Gasteiger partial charge >= 0.3 is 0 Å². The minimum absolute atomic E-state index is 0.0380. The minimum atomic E-state index is -0.838. The highest BCUT2D eigenvalue weighted by atomic mass is 79.9. The van der Waals surface area contributed by atoms with Crippen molar-refractivity contribution < 1.29 is 13.5 Å². The quantitative estimate of drug-likeness (QED) is 0.641. The molecule has 0 radical (unpaired) electrons. The van der Waals surface area contributed by atoms with Crippen molar-refractivity contribution in [1.82, 2.24) is 0 Å². The summed E-state index contributed by atoms with van der Waals surface area (Å²) in [5.41, 5.74) is 5.34. The predicted molar refractivity (Wildman–Crippen MR) is 82.5 cm³/mol. The van der Waals surface area contributed by atoms with Gasteiger partial charge in [0.1, 0.15) is 17.3 Å². The van der Waals surface area contributed by atoms with Gasteiger partial charge in [0.2, 0.25) is 0 Å². The molecule has 0 spiro atoms. The first-order valence-electron chi connectivity index (χ1n) is 6.14. The molecule has 106 valence electrons. The molecule has 21 heavy (non-hydrogen) atoms. The van der Waals surface area contributed by atoms with E-state index in [1.165, 1.54) is 0 Å². The normalized spacial score (nSPS) is 10.8. The summed E-state index contributed by atoms with van der Waals surface area (Å²) < 4.78 is 33.1. The van der Waals surface area contributed by atoms with E-state index in [1.807, 2.05) is 24.3 Å². The number of benzene rings is 3. The van der Waals surface area contributed by atoms with Gasteiger partial charge in [-0.3, -0.25) is 0 Å². The molecule has 0 aliphatic rings. The zero-order valence-corrected chi connectivity index (χ0v) is 12.3. The number of ether oxygens (including phenoxy) is 1. The fourth-order valence-electron chi connectivity index (χ4n) is 2.03. The van der Waals surface area contributed by atoms with E-state index in [-0.39, 0.29) is 11.4 Å². The van der Waals surface area contributed by atoms with Crippen LogP contribution in [0.1, 0.15) is 0 Å². The van der Waals surface area contributed by atoms with Gasteiger partial charge in [-0.05, 0) is 35.0 Å². The summed E-state index contributed by atoms with van der Waals surface area (Å²) in [7, 11) is 0. The molecule has 3 rings (SSSR count). The summed E-state index contributed by atoms with van der Waals surface area (Å²) in [6.45, 7) is 0. The van der Waals surface area contributed by atoms with Crippen LogP contribution in [-0.4, -0.2) is 0 Å². The van der Waals surface area contributed by atoms with Gasteiger partial charge in [-0.25, -0.2) is 8.78 Å². The molecule has 0 aliphatic carbocycles. The Balaban J connectivity index is 2.00. The molecule has 3 aromatic carbocycles. The van der Waals surface area contributed by atoms with Crippen molar-refractivity contribution in [2.75, 3.05) is 5.73 Å². The van der Waals surface area contributed by atoms with Crippen LogP contribution >= 0.6 is 15.9 Å². The van der Waals surface area contributed by atoms with Gasteiger partial charge < -0.3 is 10.5 Å². The van der Waals surface area contributed by atoms with Gasteiger partial charge in [-0.2, -0.15) is 0 Å². The van der Waals surface area contributed by atoms with E-state index >= 15 is 0 Å². The monoisotopic (exact) mass is 349 g/mol. The van der Waals surface area contributed by atoms with Crippen LogP contribution in [0.4, 0.5) is 14.5 Å². The Morgan fingerprint density at radius 3 is 2.43 bits per heavy atom. The molecule has 0 heterocycles. The molecule has 2 nitrogen and oxygen atoms in total. The number of hydrogen-bond acceptors (Lipinski definition) is 2. The molecule has 0 atom stereocenters. The van der Waals surface area contributed by atoms with Gasteiger partial charge in [0.05, 0.1) is 0 Å². The molecule has 0 saturated heterocycles. The first-order chi connectivity index (χ1) is 10.0. The second-order valence-electron chi connectivity index (χ2n) is 4.55. The van der Waals surface area contributed by atoms with Gasteiger partial charge in [-0.1, -0.05) is 28.1 Å². The van der Waals surface area contributed by atoms with Crippen LogP contribution in [0.25, 0.3) is 10.8 Å². The van der Waals surface area contributed by atoms with Crippen LogP contribution in [0.5, 0.6) is 11.5 Å². The molecule has 0 aromatic heterocycles. The maximum Gasteiger partial charge on any atom is 0.156 e. The average Bonchev–Trinajstić information content (AvgIpc) is 2.44. The lowest BCUT2D eigenvalue weighted by Crippen LogP contribution is -1.97. The van der Waals surface area contributed by atoms with E-state index in [0.29, 0.717) is 5.75 Å². The predicted octanol–water partition coefficient (Wildman–Crippen LogP) is 5.26. The molecule has 0 saturated carbocycles. The molecule has 5 heteroatoms. The van der Waals surface area contributed by atoms with Crippen LogP contribution in [-0.2, 0) is 0 Å². The van der Waals surface area contributed by atoms with Gasteiger partial charge in [0.15, 0.2) is 11.6 Å². The Labute approximate surface area is 128 Å². The number of halogens is 3. The third-order valence-electron chi connectivity index (χ3n) is 3.06. The zero-order valence-electron chi connectivity index (χ0n) is 10.7. The van der Waals surface area contributed by atoms with Crippen molar-refractivity contribution in [1.29, 1.82) is 0 Å². The van der Waals surface area contributed by atoms with Crippen molar-refractivity contribution >= 4 is 32.4 Å². The van der Waals surface area contributed by atoms with E-state index in [0.717, 1.165) is 27.4 Å². The van der Waals surface area contributed by atoms with E-state index in [9.17, 15) is 8.78 Å². The maximum absolute atomic E-state index is 13.4. The fraction of sp³-hybridized carbons (Fsp3) is 0. The number of nitrogen functional groups attached to an aromatic ring is 1. The third-order valence-corrected chi connectivity index (χ3v) is 3.55. The fourth-order valence-corrected chi connectivity index (χ4v) is 2.41. The van der Waals surface area contributed by atoms with E-state index in [1.54, 1.807) is 12.1 Å². The number of rotatable bonds is 2. The average molecular weight is 350 g/mol. The molecule has 0 bridgehead atoms. The number of fused-ring (bicyclic) bond motifs is 1. The van der Waals surface area contributed by atoms with Crippen LogP contribution in [0.15, 0.2) is 53.0 Å². The van der Waals surface area contributed by atoms with E-state index < -0.39 is 11.6 Å². The Bertz CT molecular complexity index is 836. The highest BCUT2D eigenvalue weighted by molar-refractivity contribution is 9.10. The lowest BCUT2D eigenvalue weighted by molar-refractivity contribution is 0.472. The largest absolute Gasteiger partial charge is 0.455 e. The second kappa shape index (κ2) is 5.33. The summed E-state index contributed by atoms with van der Waals surface area (Å²) in [5.74, 6) is -1.15. The van der Waals surface area contributed by atoms with Crippen molar-refractivity contribution in [2.24, 2.45) is 0 Å². The Kier molecular flexibility index (Phi) is 3.51. The molecule has 3 aromatic rings. The smallest absolute Gasteiger partial charge is 0.156 e. The molecule has 0 unspecified atom stereocenters. The molecule has 0 amide bonds. The Hall–Kier alpha value is -2.14. The highest BCUT2D eigenvalue weighted by Gasteiger charge is 2.10. The molecule has 2 N–H and O–H groups in total. The second-order valence-corrected chi connectivity index (χ2v) is 5.47. The Morgan fingerprint density at radius 2 is 1.62 bits per heavy atom. The maximum atomic E-state index is 13.4. The van der Waals surface area contributed by atoms with Crippen molar-refractivity contribution in [2.45, 2.75) is 0 Å². The number of nitrogens with two attached hydrogens (primary N) is 1.